The first-order chi connectivity index (χ1) is 2.41. The molecule has 0 bridgehead atoms. The number of unbranched alkanes of at least 4 members (excludes halogenated alkanes) is 1. The van der Waals surface area contributed by atoms with Gasteiger partial charge in [0.25, 0.3) is 0 Å². The molecular weight excluding hydrogens is 153 g/mol. The minimum absolute atomic E-state index is 0. The quantitative estimate of drug-likeness (QED) is 0.589. The Balaban J connectivity index is 0. The van der Waals surface area contributed by atoms with Crippen LogP contribution in [0.3, 0.4) is 0 Å². The van der Waals surface area contributed by atoms with Crippen molar-refractivity contribution < 1.29 is 37.8 Å². The van der Waals surface area contributed by atoms with Crippen LogP contribution in [0.25, 0.3) is 0 Å². The van der Waals surface area contributed by atoms with Gasteiger partial charge in [-0.3, -0.25) is 0 Å². The number of rotatable bonds is 2. The fourth-order valence-corrected chi connectivity index (χ4v) is 0.112. The molecule has 0 aromatic carbocycles. The first-order valence-corrected chi connectivity index (χ1v) is 1.82. The normalized spacial score (nSPS) is 7.00. The molecule has 0 spiro atoms. The largest absolute Gasteiger partial charge is 0.396 e. The van der Waals surface area contributed by atoms with Gasteiger partial charge in [-0.1, -0.05) is 6.42 Å². The van der Waals surface area contributed by atoms with Crippen molar-refractivity contribution in [1.29, 1.82) is 0 Å². The van der Waals surface area contributed by atoms with E-state index < -0.39 is 0 Å². The van der Waals surface area contributed by atoms with Gasteiger partial charge >= 0.3 is 0 Å². The van der Waals surface area contributed by atoms with E-state index in [0.29, 0.717) is 0 Å². The second-order valence-corrected chi connectivity index (χ2v) is 0.931. The Bertz CT molecular complexity index is 15.0. The fourth-order valence-electron chi connectivity index (χ4n) is 0.112. The maximum Gasteiger partial charge on any atom is 0.0406 e. The molecule has 35 valence electrons. The molecule has 0 aromatic heterocycles. The molecule has 1 nitrogen and oxygen atoms in total. The van der Waals surface area contributed by atoms with Gasteiger partial charge in [-0.05, 0) is 0 Å². The van der Waals surface area contributed by atoms with Gasteiger partial charge < -0.3 is 12.0 Å². The zero-order valence-electron chi connectivity index (χ0n) is 3.85. The van der Waals surface area contributed by atoms with Crippen LogP contribution >= 0.6 is 0 Å². The van der Waals surface area contributed by atoms with Crippen LogP contribution < -0.4 is 0 Å². The van der Waals surface area contributed by atoms with Gasteiger partial charge in [-0.25, -0.2) is 0 Å². The third kappa shape index (κ3) is 8.91. The van der Waals surface area contributed by atoms with E-state index in [4.69, 9.17) is 5.11 Å². The molecule has 0 atom stereocenters. The Labute approximate surface area is 64.0 Å². The van der Waals surface area contributed by atoms with Gasteiger partial charge in [0.05, 0.1) is 0 Å². The fraction of sp³-hybridized carbons (Fsp3) is 0.750. The van der Waals surface area contributed by atoms with Crippen molar-refractivity contribution in [2.45, 2.75) is 12.8 Å². The third-order valence-corrected chi connectivity index (χ3v) is 0.408. The van der Waals surface area contributed by atoms with Gasteiger partial charge in [0, 0.05) is 39.3 Å². The van der Waals surface area contributed by atoms with Crippen LogP contribution in [0.5, 0.6) is 0 Å². The first-order valence-electron chi connectivity index (χ1n) is 1.82. The minimum Gasteiger partial charge on any atom is -0.396 e. The summed E-state index contributed by atoms with van der Waals surface area (Å²) in [6.07, 6.45) is 1.68. The van der Waals surface area contributed by atoms with E-state index in [-0.39, 0.29) is 39.3 Å². The average molecular weight is 162 g/mol. The summed E-state index contributed by atoms with van der Waals surface area (Å²) in [4.78, 5) is 0. The molecule has 1 N–H and O–H groups in total. The summed E-state index contributed by atoms with van der Waals surface area (Å²) in [6.45, 7) is 3.80. The van der Waals surface area contributed by atoms with Crippen LogP contribution in [0.1, 0.15) is 12.8 Å². The predicted molar refractivity (Wildman–Crippen MR) is 21.7 cm³/mol. The SMILES string of the molecule is [CH2-]CCCO.[Y]. The summed E-state index contributed by atoms with van der Waals surface area (Å²) < 4.78 is 0. The monoisotopic (exact) mass is 162 g/mol. The van der Waals surface area contributed by atoms with Gasteiger partial charge in [-0.15, -0.1) is 0 Å². The summed E-state index contributed by atoms with van der Waals surface area (Å²) in [5.41, 5.74) is 0. The van der Waals surface area contributed by atoms with E-state index in [1.165, 1.54) is 0 Å². The molecule has 0 aliphatic carbocycles. The van der Waals surface area contributed by atoms with Crippen molar-refractivity contribution in [2.24, 2.45) is 0 Å². The number of hydrogen-bond acceptors (Lipinski definition) is 1. The van der Waals surface area contributed by atoms with E-state index in [9.17, 15) is 0 Å². The molecule has 0 aliphatic rings. The maximum absolute atomic E-state index is 8.03. The van der Waals surface area contributed by atoms with Gasteiger partial charge in [-0.2, -0.15) is 6.42 Å². The molecule has 0 aromatic rings. The summed E-state index contributed by atoms with van der Waals surface area (Å²) in [7, 11) is 0. The maximum atomic E-state index is 8.03. The van der Waals surface area contributed by atoms with Crippen molar-refractivity contribution in [2.75, 3.05) is 6.61 Å². The van der Waals surface area contributed by atoms with Gasteiger partial charge in [0.15, 0.2) is 0 Å². The minimum atomic E-state index is 0. The van der Waals surface area contributed by atoms with E-state index in [1.807, 2.05) is 0 Å². The molecule has 1 radical (unpaired) electrons. The van der Waals surface area contributed by atoms with Crippen molar-refractivity contribution in [3.63, 3.8) is 0 Å². The van der Waals surface area contributed by atoms with Crippen LogP contribution in [0, 0.1) is 6.92 Å². The Hall–Kier alpha value is 1.06. The van der Waals surface area contributed by atoms with Crippen LogP contribution in [-0.2, 0) is 32.7 Å². The molecule has 0 saturated carbocycles. The molecule has 0 aliphatic heterocycles. The van der Waals surface area contributed by atoms with Crippen LogP contribution in [-0.4, -0.2) is 11.7 Å². The van der Waals surface area contributed by atoms with Crippen molar-refractivity contribution in [3.05, 3.63) is 6.92 Å². The first kappa shape index (κ1) is 10.1. The van der Waals surface area contributed by atoms with Crippen LogP contribution in [0.2, 0.25) is 0 Å². The summed E-state index contributed by atoms with van der Waals surface area (Å²) >= 11 is 0. The molecule has 0 amide bonds. The Morgan fingerprint density at radius 2 is 2.00 bits per heavy atom. The third-order valence-electron chi connectivity index (χ3n) is 0.408. The predicted octanol–water partition coefficient (Wildman–Crippen LogP) is 0.590. The Kier molecular flexibility index (Phi) is 15.9. The van der Waals surface area contributed by atoms with Crippen molar-refractivity contribution in [3.8, 4) is 0 Å². The molecule has 0 fully saturated rings. The number of aliphatic hydroxyl groups excluding tert-OH is 1. The van der Waals surface area contributed by atoms with Gasteiger partial charge in [0.2, 0.25) is 0 Å². The molecule has 6 heavy (non-hydrogen) atoms. The molecule has 0 unspecified atom stereocenters. The number of aliphatic hydroxyl groups is 1. The molecule has 0 saturated heterocycles. The second-order valence-electron chi connectivity index (χ2n) is 0.931. The molecule has 0 heterocycles. The van der Waals surface area contributed by atoms with Crippen LogP contribution in [0.4, 0.5) is 0 Å². The number of hydrogen-bond donors (Lipinski definition) is 1. The van der Waals surface area contributed by atoms with E-state index >= 15 is 0 Å². The van der Waals surface area contributed by atoms with Crippen molar-refractivity contribution >= 4 is 0 Å². The zero-order valence-corrected chi connectivity index (χ0v) is 6.69. The summed E-state index contributed by atoms with van der Waals surface area (Å²) in [6, 6.07) is 0. The smallest absolute Gasteiger partial charge is 0.0406 e. The molecular formula is C4H9OY-. The van der Waals surface area contributed by atoms with E-state index in [2.05, 4.69) is 6.92 Å². The Morgan fingerprint density at radius 1 is 1.50 bits per heavy atom. The average Bonchev–Trinajstić information content (AvgIpc) is 1.41. The molecule has 0 rings (SSSR count). The summed E-state index contributed by atoms with van der Waals surface area (Å²) in [5, 5.41) is 8.03. The van der Waals surface area contributed by atoms with Gasteiger partial charge in [0.1, 0.15) is 0 Å². The van der Waals surface area contributed by atoms with E-state index in [0.717, 1.165) is 12.8 Å². The molecule has 2 heteroatoms. The van der Waals surface area contributed by atoms with Crippen molar-refractivity contribution in [1.82, 2.24) is 0 Å². The Morgan fingerprint density at radius 3 is 2.00 bits per heavy atom. The van der Waals surface area contributed by atoms with Crippen LogP contribution in [0.15, 0.2) is 0 Å². The standard InChI is InChI=1S/C4H9O.Y/c1-2-3-4-5;/h5H,1-4H2;/q-1;. The summed E-state index contributed by atoms with van der Waals surface area (Å²) in [5.74, 6) is 0. The zero-order chi connectivity index (χ0) is 4.12. The van der Waals surface area contributed by atoms with E-state index in [1.54, 1.807) is 0 Å². The second kappa shape index (κ2) is 9.42. The topological polar surface area (TPSA) is 20.2 Å².